The molecule has 4 rings (SSSR count). The van der Waals surface area contributed by atoms with E-state index in [1.54, 1.807) is 11.3 Å². The molecule has 2 heterocycles. The van der Waals surface area contributed by atoms with E-state index in [4.69, 9.17) is 4.99 Å². The third-order valence-corrected chi connectivity index (χ3v) is 6.00. The van der Waals surface area contributed by atoms with Crippen molar-refractivity contribution in [1.29, 1.82) is 0 Å². The van der Waals surface area contributed by atoms with Gasteiger partial charge in [0, 0.05) is 41.4 Å². The molecule has 0 bridgehead atoms. The topological polar surface area (TPSA) is 44.7 Å². The summed E-state index contributed by atoms with van der Waals surface area (Å²) in [7, 11) is 1.96. The van der Waals surface area contributed by atoms with Gasteiger partial charge >= 0.3 is 6.18 Å². The number of anilines is 1. The van der Waals surface area contributed by atoms with Gasteiger partial charge in [0.05, 0.1) is 23.9 Å². The van der Waals surface area contributed by atoms with Gasteiger partial charge in [-0.15, -0.1) is 12.4 Å². The largest absolute Gasteiger partial charge is 0.416 e. The van der Waals surface area contributed by atoms with Crippen molar-refractivity contribution >= 4 is 41.1 Å². The fourth-order valence-electron chi connectivity index (χ4n) is 3.55. The van der Waals surface area contributed by atoms with Crippen molar-refractivity contribution in [2.45, 2.75) is 12.2 Å². The molecule has 1 atom stereocenters. The Hall–Kier alpha value is -2.84. The first-order valence-electron chi connectivity index (χ1n) is 9.69. The monoisotopic (exact) mass is 479 g/mol. The Bertz CT molecular complexity index is 1100. The van der Waals surface area contributed by atoms with Gasteiger partial charge in [-0.1, -0.05) is 18.2 Å². The zero-order valence-electron chi connectivity index (χ0n) is 17.1. The summed E-state index contributed by atoms with van der Waals surface area (Å²) < 4.78 is 38.2. The summed E-state index contributed by atoms with van der Waals surface area (Å²) in [6.07, 6.45) is -4.43. The second kappa shape index (κ2) is 9.75. The van der Waals surface area contributed by atoms with E-state index in [2.05, 4.69) is 15.6 Å². The van der Waals surface area contributed by atoms with E-state index in [1.165, 1.54) is 12.1 Å². The number of carbonyl (C=O) groups excluding carboxylic acids is 1. The van der Waals surface area contributed by atoms with E-state index >= 15 is 0 Å². The van der Waals surface area contributed by atoms with E-state index in [0.29, 0.717) is 13.1 Å². The number of thiophene rings is 1. The standard InChI is InChI=1S/C23H20F3N3OS.ClH/c1-29-18(13-28-22(30)15-6-8-17(9-7-15)23(24,25)26)12-27-21(16-10-11-31-14-16)19-4-2-3-5-20(19)29;/h2-11,14,18H,12-13H2,1H3,(H,28,30);1H. The Kier molecular flexibility index (Phi) is 7.26. The molecule has 1 N–H and O–H groups in total. The van der Waals surface area contributed by atoms with E-state index in [-0.39, 0.29) is 24.0 Å². The minimum atomic E-state index is -4.43. The number of hydrogen-bond donors (Lipinski definition) is 1. The predicted octanol–water partition coefficient (Wildman–Crippen LogP) is 5.27. The molecule has 1 unspecified atom stereocenters. The molecule has 0 radical (unpaired) electrons. The fourth-order valence-corrected chi connectivity index (χ4v) is 4.19. The zero-order valence-corrected chi connectivity index (χ0v) is 18.7. The van der Waals surface area contributed by atoms with Crippen molar-refractivity contribution in [3.05, 3.63) is 87.6 Å². The Morgan fingerprint density at radius 3 is 2.53 bits per heavy atom. The molecule has 168 valence electrons. The van der Waals surface area contributed by atoms with Crippen molar-refractivity contribution in [3.8, 4) is 0 Å². The lowest BCUT2D eigenvalue weighted by molar-refractivity contribution is -0.137. The number of amides is 1. The van der Waals surface area contributed by atoms with Crippen LogP contribution in [0.2, 0.25) is 0 Å². The molecule has 0 saturated heterocycles. The Labute approximate surface area is 194 Å². The summed E-state index contributed by atoms with van der Waals surface area (Å²) in [6.45, 7) is 0.786. The van der Waals surface area contributed by atoms with Gasteiger partial charge in [0.1, 0.15) is 0 Å². The Morgan fingerprint density at radius 2 is 1.88 bits per heavy atom. The number of carbonyl (C=O) groups is 1. The molecular weight excluding hydrogens is 459 g/mol. The van der Waals surface area contributed by atoms with Crippen LogP contribution in [-0.4, -0.2) is 37.8 Å². The highest BCUT2D eigenvalue weighted by atomic mass is 35.5. The first kappa shape index (κ1) is 23.8. The summed E-state index contributed by atoms with van der Waals surface area (Å²) in [6, 6.07) is 14.1. The third kappa shape index (κ3) is 4.97. The van der Waals surface area contributed by atoms with Gasteiger partial charge in [0.2, 0.25) is 0 Å². The maximum absolute atomic E-state index is 12.7. The maximum Gasteiger partial charge on any atom is 0.416 e. The van der Waals surface area contributed by atoms with Crippen LogP contribution in [0.4, 0.5) is 18.9 Å². The summed E-state index contributed by atoms with van der Waals surface area (Å²) in [4.78, 5) is 19.4. The third-order valence-electron chi connectivity index (χ3n) is 5.31. The lowest BCUT2D eigenvalue weighted by atomic mass is 10.0. The normalized spacial score (nSPS) is 15.8. The molecule has 1 aliphatic rings. The SMILES string of the molecule is CN1c2ccccc2C(c2ccsc2)=NCC1CNC(=O)c1ccc(C(F)(F)F)cc1.Cl. The first-order valence-corrected chi connectivity index (χ1v) is 10.6. The smallest absolute Gasteiger partial charge is 0.367 e. The molecule has 1 amide bonds. The minimum Gasteiger partial charge on any atom is -0.367 e. The molecule has 3 aromatic rings. The van der Waals surface area contributed by atoms with Gasteiger partial charge in [-0.05, 0) is 41.8 Å². The van der Waals surface area contributed by atoms with Crippen LogP contribution in [0.3, 0.4) is 0 Å². The summed E-state index contributed by atoms with van der Waals surface area (Å²) in [5.41, 5.74) is 3.42. The maximum atomic E-state index is 12.7. The van der Waals surface area contributed by atoms with E-state index < -0.39 is 17.6 Å². The number of aliphatic imine (C=N–C) groups is 1. The van der Waals surface area contributed by atoms with Crippen molar-refractivity contribution < 1.29 is 18.0 Å². The van der Waals surface area contributed by atoms with Crippen molar-refractivity contribution in [2.24, 2.45) is 4.99 Å². The number of para-hydroxylation sites is 1. The second-order valence-corrected chi connectivity index (χ2v) is 8.05. The van der Waals surface area contributed by atoms with Crippen LogP contribution in [0.15, 0.2) is 70.3 Å². The number of benzene rings is 2. The van der Waals surface area contributed by atoms with Crippen LogP contribution >= 0.6 is 23.7 Å². The second-order valence-electron chi connectivity index (χ2n) is 7.27. The number of likely N-dealkylation sites (N-methyl/N-ethyl adjacent to an activating group) is 1. The highest BCUT2D eigenvalue weighted by Crippen LogP contribution is 2.30. The molecule has 1 aromatic heterocycles. The van der Waals surface area contributed by atoms with Gasteiger partial charge in [0.15, 0.2) is 0 Å². The van der Waals surface area contributed by atoms with E-state index in [9.17, 15) is 18.0 Å². The fraction of sp³-hybridized carbons (Fsp3) is 0.217. The first-order chi connectivity index (χ1) is 14.8. The lowest BCUT2D eigenvalue weighted by Crippen LogP contribution is -2.43. The summed E-state index contributed by atoms with van der Waals surface area (Å²) >= 11 is 1.61. The summed E-state index contributed by atoms with van der Waals surface area (Å²) in [5.74, 6) is -0.415. The molecule has 32 heavy (non-hydrogen) atoms. The lowest BCUT2D eigenvalue weighted by Gasteiger charge is -2.28. The Balaban J connectivity index is 0.00000289. The van der Waals surface area contributed by atoms with Gasteiger partial charge < -0.3 is 10.2 Å². The van der Waals surface area contributed by atoms with Crippen molar-refractivity contribution in [1.82, 2.24) is 5.32 Å². The number of nitrogens with zero attached hydrogens (tertiary/aromatic N) is 2. The molecule has 0 saturated carbocycles. The number of fused-ring (bicyclic) bond motifs is 1. The van der Waals surface area contributed by atoms with Crippen LogP contribution in [0.25, 0.3) is 0 Å². The molecule has 9 heteroatoms. The highest BCUT2D eigenvalue weighted by molar-refractivity contribution is 7.08. The minimum absolute atomic E-state index is 0. The number of hydrogen-bond acceptors (Lipinski definition) is 4. The number of halogens is 4. The van der Waals surface area contributed by atoms with Crippen LogP contribution in [0.5, 0.6) is 0 Å². The number of benzodiazepines with no additional fused rings is 1. The molecule has 0 aliphatic carbocycles. The van der Waals surface area contributed by atoms with Crippen LogP contribution in [-0.2, 0) is 6.18 Å². The molecule has 4 nitrogen and oxygen atoms in total. The average Bonchev–Trinajstić information content (AvgIpc) is 3.25. The van der Waals surface area contributed by atoms with Crippen molar-refractivity contribution in [2.75, 3.05) is 25.0 Å². The number of rotatable bonds is 4. The molecule has 1 aliphatic heterocycles. The van der Waals surface area contributed by atoms with Gasteiger partial charge in [0.25, 0.3) is 5.91 Å². The molecular formula is C23H21ClF3N3OS. The molecule has 0 fully saturated rings. The quantitative estimate of drug-likeness (QED) is 0.553. The predicted molar refractivity (Wildman–Crippen MR) is 124 cm³/mol. The van der Waals surface area contributed by atoms with Crippen LogP contribution in [0.1, 0.15) is 27.0 Å². The van der Waals surface area contributed by atoms with Crippen molar-refractivity contribution in [3.63, 3.8) is 0 Å². The molecule has 2 aromatic carbocycles. The number of nitrogens with one attached hydrogen (secondary N) is 1. The van der Waals surface area contributed by atoms with Gasteiger partial charge in [-0.3, -0.25) is 9.79 Å². The van der Waals surface area contributed by atoms with Gasteiger partial charge in [-0.25, -0.2) is 0 Å². The van der Waals surface area contributed by atoms with Gasteiger partial charge in [-0.2, -0.15) is 24.5 Å². The van der Waals surface area contributed by atoms with Crippen LogP contribution < -0.4 is 10.2 Å². The van der Waals surface area contributed by atoms with E-state index in [1.807, 2.05) is 42.8 Å². The average molecular weight is 480 g/mol. The summed E-state index contributed by atoms with van der Waals surface area (Å²) in [5, 5.41) is 6.91. The van der Waals surface area contributed by atoms with E-state index in [0.717, 1.165) is 34.7 Å². The molecule has 0 spiro atoms. The zero-order chi connectivity index (χ0) is 22.0. The Morgan fingerprint density at radius 1 is 1.16 bits per heavy atom. The van der Waals surface area contributed by atoms with Crippen LogP contribution in [0, 0.1) is 0 Å². The highest BCUT2D eigenvalue weighted by Gasteiger charge is 2.30. The number of alkyl halides is 3.